The smallest absolute Gasteiger partial charge is 0.305 e. The van der Waals surface area contributed by atoms with Gasteiger partial charge in [0.25, 0.3) is 0 Å². The molecule has 0 aromatic carbocycles. The van der Waals surface area contributed by atoms with Crippen LogP contribution < -0.4 is 0 Å². The molecule has 0 bridgehead atoms. The fourth-order valence-corrected chi connectivity index (χ4v) is 1.30. The average molecular weight is 214 g/mol. The van der Waals surface area contributed by atoms with Crippen molar-refractivity contribution in [3.8, 4) is 0 Å². The summed E-state index contributed by atoms with van der Waals surface area (Å²) in [5.74, 6) is 1.30. The third kappa shape index (κ3) is 9.77. The Hall–Kier alpha value is -0.530. The van der Waals surface area contributed by atoms with Crippen LogP contribution in [0.4, 0.5) is 0 Å². The van der Waals surface area contributed by atoms with Crippen LogP contribution in [0.2, 0.25) is 0 Å². The minimum atomic E-state index is -0.0344. The molecule has 0 aliphatic heterocycles. The predicted octanol–water partition coefficient (Wildman–Crippen LogP) is 3.79. The molecule has 0 rings (SSSR count). The van der Waals surface area contributed by atoms with Crippen molar-refractivity contribution in [2.45, 2.75) is 59.8 Å². The normalized spacial score (nSPS) is 12.9. The van der Waals surface area contributed by atoms with E-state index in [2.05, 4.69) is 27.7 Å². The van der Waals surface area contributed by atoms with Gasteiger partial charge in [-0.15, -0.1) is 0 Å². The van der Waals surface area contributed by atoms with Gasteiger partial charge in [-0.1, -0.05) is 34.1 Å². The van der Waals surface area contributed by atoms with Crippen molar-refractivity contribution in [2.24, 2.45) is 11.8 Å². The predicted molar refractivity (Wildman–Crippen MR) is 63.7 cm³/mol. The molecule has 0 aliphatic carbocycles. The van der Waals surface area contributed by atoms with Crippen LogP contribution in [0.3, 0.4) is 0 Å². The van der Waals surface area contributed by atoms with Gasteiger partial charge < -0.3 is 4.74 Å². The van der Waals surface area contributed by atoms with E-state index in [9.17, 15) is 4.79 Å². The molecule has 0 aromatic rings. The summed E-state index contributed by atoms with van der Waals surface area (Å²) in [4.78, 5) is 11.2. The van der Waals surface area contributed by atoms with Gasteiger partial charge in [0, 0.05) is 6.42 Å². The summed E-state index contributed by atoms with van der Waals surface area (Å²) >= 11 is 0. The fraction of sp³-hybridized carbons (Fsp3) is 0.923. The van der Waals surface area contributed by atoms with Crippen molar-refractivity contribution >= 4 is 5.97 Å². The molecular formula is C13H26O2. The second-order valence-electron chi connectivity index (χ2n) is 4.81. The molecule has 0 amide bonds. The maximum Gasteiger partial charge on any atom is 0.305 e. The van der Waals surface area contributed by atoms with Crippen molar-refractivity contribution in [3.05, 3.63) is 0 Å². The van der Waals surface area contributed by atoms with E-state index in [-0.39, 0.29) is 5.97 Å². The first-order chi connectivity index (χ1) is 7.06. The fourth-order valence-electron chi connectivity index (χ4n) is 1.30. The highest BCUT2D eigenvalue weighted by Gasteiger charge is 2.05. The van der Waals surface area contributed by atoms with Gasteiger partial charge in [-0.2, -0.15) is 0 Å². The minimum Gasteiger partial charge on any atom is -0.466 e. The molecule has 0 saturated heterocycles. The molecule has 90 valence electrons. The Morgan fingerprint density at radius 3 is 2.40 bits per heavy atom. The SMILES string of the molecule is CCC(C)CCCOC(=O)CCC(C)C. The van der Waals surface area contributed by atoms with E-state index in [1.54, 1.807) is 0 Å². The lowest BCUT2D eigenvalue weighted by atomic mass is 10.0. The van der Waals surface area contributed by atoms with Crippen LogP contribution in [0.1, 0.15) is 59.8 Å². The molecule has 0 N–H and O–H groups in total. The molecule has 2 heteroatoms. The quantitative estimate of drug-likeness (QED) is 0.454. The van der Waals surface area contributed by atoms with Crippen LogP contribution >= 0.6 is 0 Å². The Bertz CT molecular complexity index is 164. The van der Waals surface area contributed by atoms with E-state index in [0.717, 1.165) is 25.2 Å². The number of carbonyl (C=O) groups excluding carboxylic acids is 1. The molecule has 2 nitrogen and oxygen atoms in total. The maximum atomic E-state index is 11.2. The van der Waals surface area contributed by atoms with Crippen LogP contribution in [0.5, 0.6) is 0 Å². The molecule has 15 heavy (non-hydrogen) atoms. The number of rotatable bonds is 8. The highest BCUT2D eigenvalue weighted by Crippen LogP contribution is 2.09. The van der Waals surface area contributed by atoms with E-state index in [1.165, 1.54) is 6.42 Å². The van der Waals surface area contributed by atoms with Crippen LogP contribution in [-0.2, 0) is 9.53 Å². The Balaban J connectivity index is 3.31. The summed E-state index contributed by atoms with van der Waals surface area (Å²) in [7, 11) is 0. The highest BCUT2D eigenvalue weighted by molar-refractivity contribution is 5.69. The molecule has 0 fully saturated rings. The Morgan fingerprint density at radius 1 is 1.20 bits per heavy atom. The van der Waals surface area contributed by atoms with Crippen molar-refractivity contribution in [3.63, 3.8) is 0 Å². The first-order valence-corrected chi connectivity index (χ1v) is 6.21. The summed E-state index contributed by atoms with van der Waals surface area (Å²) < 4.78 is 5.15. The number of esters is 1. The molecular weight excluding hydrogens is 188 g/mol. The second-order valence-corrected chi connectivity index (χ2v) is 4.81. The van der Waals surface area contributed by atoms with Crippen molar-refractivity contribution in [2.75, 3.05) is 6.61 Å². The summed E-state index contributed by atoms with van der Waals surface area (Å²) in [5, 5.41) is 0. The zero-order valence-electron chi connectivity index (χ0n) is 10.7. The lowest BCUT2D eigenvalue weighted by molar-refractivity contribution is -0.144. The number of hydrogen-bond acceptors (Lipinski definition) is 2. The van der Waals surface area contributed by atoms with Crippen LogP contribution in [0.25, 0.3) is 0 Å². The van der Waals surface area contributed by atoms with Gasteiger partial charge in [0.2, 0.25) is 0 Å². The van der Waals surface area contributed by atoms with Gasteiger partial charge in [-0.05, 0) is 31.1 Å². The first kappa shape index (κ1) is 14.5. The molecule has 0 heterocycles. The molecule has 0 aliphatic rings. The first-order valence-electron chi connectivity index (χ1n) is 6.21. The average Bonchev–Trinajstić information content (AvgIpc) is 2.21. The van der Waals surface area contributed by atoms with Crippen LogP contribution in [0.15, 0.2) is 0 Å². The third-order valence-corrected chi connectivity index (χ3v) is 2.73. The standard InChI is InChI=1S/C13H26O2/c1-5-12(4)7-6-10-15-13(14)9-8-11(2)3/h11-12H,5-10H2,1-4H3. The lowest BCUT2D eigenvalue weighted by Gasteiger charge is -2.09. The summed E-state index contributed by atoms with van der Waals surface area (Å²) in [6, 6.07) is 0. The molecule has 0 aromatic heterocycles. The largest absolute Gasteiger partial charge is 0.466 e. The second kappa shape index (κ2) is 8.75. The molecule has 0 spiro atoms. The Kier molecular flexibility index (Phi) is 8.44. The monoisotopic (exact) mass is 214 g/mol. The summed E-state index contributed by atoms with van der Waals surface area (Å²) in [5.41, 5.74) is 0. The van der Waals surface area contributed by atoms with Gasteiger partial charge in [-0.25, -0.2) is 0 Å². The highest BCUT2D eigenvalue weighted by atomic mass is 16.5. The van der Waals surface area contributed by atoms with Crippen molar-refractivity contribution < 1.29 is 9.53 Å². The van der Waals surface area contributed by atoms with Crippen LogP contribution in [0, 0.1) is 11.8 Å². The Morgan fingerprint density at radius 2 is 1.87 bits per heavy atom. The summed E-state index contributed by atoms with van der Waals surface area (Å²) in [6.45, 7) is 9.27. The topological polar surface area (TPSA) is 26.3 Å². The van der Waals surface area contributed by atoms with E-state index in [1.807, 2.05) is 0 Å². The van der Waals surface area contributed by atoms with Crippen LogP contribution in [-0.4, -0.2) is 12.6 Å². The number of ether oxygens (including phenoxy) is 1. The molecule has 1 atom stereocenters. The van der Waals surface area contributed by atoms with E-state index in [0.29, 0.717) is 18.9 Å². The van der Waals surface area contributed by atoms with Gasteiger partial charge in [0.1, 0.15) is 0 Å². The zero-order valence-corrected chi connectivity index (χ0v) is 10.7. The van der Waals surface area contributed by atoms with Gasteiger partial charge >= 0.3 is 5.97 Å². The molecule has 0 saturated carbocycles. The Labute approximate surface area is 94.4 Å². The minimum absolute atomic E-state index is 0.0344. The maximum absolute atomic E-state index is 11.2. The molecule has 1 unspecified atom stereocenters. The number of carbonyl (C=O) groups is 1. The molecule has 0 radical (unpaired) electrons. The van der Waals surface area contributed by atoms with E-state index >= 15 is 0 Å². The lowest BCUT2D eigenvalue weighted by Crippen LogP contribution is -2.07. The van der Waals surface area contributed by atoms with E-state index < -0.39 is 0 Å². The summed E-state index contributed by atoms with van der Waals surface area (Å²) in [6.07, 6.45) is 4.88. The van der Waals surface area contributed by atoms with Gasteiger partial charge in [0.15, 0.2) is 0 Å². The van der Waals surface area contributed by atoms with Gasteiger partial charge in [0.05, 0.1) is 6.61 Å². The van der Waals surface area contributed by atoms with Crippen molar-refractivity contribution in [1.82, 2.24) is 0 Å². The third-order valence-electron chi connectivity index (χ3n) is 2.73. The van der Waals surface area contributed by atoms with Gasteiger partial charge in [-0.3, -0.25) is 4.79 Å². The zero-order chi connectivity index (χ0) is 11.7. The van der Waals surface area contributed by atoms with E-state index in [4.69, 9.17) is 4.74 Å². The number of hydrogen-bond donors (Lipinski definition) is 0. The van der Waals surface area contributed by atoms with Crippen molar-refractivity contribution in [1.29, 1.82) is 0 Å².